The molecule has 0 fully saturated rings. The molecule has 2 N–H and O–H groups in total. The van der Waals surface area contributed by atoms with Gasteiger partial charge in [-0.25, -0.2) is 0 Å². The molecule has 0 saturated heterocycles. The lowest BCUT2D eigenvalue weighted by molar-refractivity contribution is -0.126. The Hall–Kier alpha value is -2.83. The fourth-order valence-corrected chi connectivity index (χ4v) is 4.34. The van der Waals surface area contributed by atoms with E-state index in [-0.39, 0.29) is 35.8 Å². The van der Waals surface area contributed by atoms with Crippen LogP contribution in [0.5, 0.6) is 0 Å². The zero-order valence-corrected chi connectivity index (χ0v) is 16.0. The molecule has 7 heteroatoms. The third kappa shape index (κ3) is 2.30. The first-order chi connectivity index (χ1) is 12.8. The zero-order valence-electron chi connectivity index (χ0n) is 16.0. The second kappa shape index (κ2) is 5.84. The van der Waals surface area contributed by atoms with E-state index in [4.69, 9.17) is 0 Å². The summed E-state index contributed by atoms with van der Waals surface area (Å²) in [7, 11) is 0. The number of aromatic nitrogens is 2. The maximum Gasteiger partial charge on any atom is 0.270 e. The Balaban J connectivity index is 2.03. The van der Waals surface area contributed by atoms with Gasteiger partial charge in [-0.1, -0.05) is 32.0 Å². The SMILES string of the molecule is CC(C)CN1C(=O)[C@]2(CC(=O)Nc3c2c(=O)[nH]n3C(C)C)c2ccccc21. The van der Waals surface area contributed by atoms with Crippen LogP contribution in [0, 0.1) is 5.92 Å². The predicted octanol–water partition coefficient (Wildman–Crippen LogP) is 2.39. The lowest BCUT2D eigenvalue weighted by Gasteiger charge is -2.32. The quantitative estimate of drug-likeness (QED) is 0.872. The van der Waals surface area contributed by atoms with Crippen molar-refractivity contribution in [3.63, 3.8) is 0 Å². The fourth-order valence-electron chi connectivity index (χ4n) is 4.34. The molecule has 1 aromatic heterocycles. The topological polar surface area (TPSA) is 87.2 Å². The molecule has 27 heavy (non-hydrogen) atoms. The van der Waals surface area contributed by atoms with E-state index in [9.17, 15) is 14.4 Å². The second-order valence-electron chi connectivity index (χ2n) is 8.09. The van der Waals surface area contributed by atoms with Crippen LogP contribution in [-0.4, -0.2) is 28.1 Å². The maximum atomic E-state index is 13.7. The van der Waals surface area contributed by atoms with E-state index in [1.807, 2.05) is 52.0 Å². The first kappa shape index (κ1) is 17.6. The summed E-state index contributed by atoms with van der Waals surface area (Å²) in [6, 6.07) is 7.43. The second-order valence-corrected chi connectivity index (χ2v) is 8.09. The minimum Gasteiger partial charge on any atom is -0.311 e. The van der Waals surface area contributed by atoms with E-state index in [0.29, 0.717) is 17.9 Å². The Labute approximate surface area is 157 Å². The van der Waals surface area contributed by atoms with Gasteiger partial charge in [-0.15, -0.1) is 0 Å². The fraction of sp³-hybridized carbons (Fsp3) is 0.450. The molecular weight excluding hydrogens is 344 g/mol. The third-order valence-electron chi connectivity index (χ3n) is 5.37. The molecule has 4 rings (SSSR count). The number of nitrogens with one attached hydrogen (secondary N) is 2. The number of H-pyrrole nitrogens is 1. The number of carbonyl (C=O) groups excluding carboxylic acids is 2. The Bertz CT molecular complexity index is 1000. The lowest BCUT2D eigenvalue weighted by atomic mass is 9.71. The molecule has 7 nitrogen and oxygen atoms in total. The van der Waals surface area contributed by atoms with E-state index < -0.39 is 5.41 Å². The summed E-state index contributed by atoms with van der Waals surface area (Å²) in [5, 5.41) is 5.62. The highest BCUT2D eigenvalue weighted by Gasteiger charge is 2.58. The Morgan fingerprint density at radius 2 is 1.81 bits per heavy atom. The third-order valence-corrected chi connectivity index (χ3v) is 5.37. The number of carbonyl (C=O) groups is 2. The molecule has 1 spiro atoms. The van der Waals surface area contributed by atoms with Crippen molar-refractivity contribution in [3.8, 4) is 0 Å². The van der Waals surface area contributed by atoms with Crippen LogP contribution in [0.3, 0.4) is 0 Å². The molecule has 3 heterocycles. The molecule has 142 valence electrons. The number of benzene rings is 1. The largest absolute Gasteiger partial charge is 0.311 e. The van der Waals surface area contributed by atoms with Crippen molar-refractivity contribution in [1.29, 1.82) is 0 Å². The van der Waals surface area contributed by atoms with Crippen molar-refractivity contribution >= 4 is 23.3 Å². The van der Waals surface area contributed by atoms with Crippen LogP contribution in [0.1, 0.15) is 51.3 Å². The average Bonchev–Trinajstić information content (AvgIpc) is 3.04. The Morgan fingerprint density at radius 3 is 2.48 bits per heavy atom. The van der Waals surface area contributed by atoms with E-state index in [1.165, 1.54) is 0 Å². The number of anilines is 2. The van der Waals surface area contributed by atoms with Crippen molar-refractivity contribution < 1.29 is 9.59 Å². The lowest BCUT2D eigenvalue weighted by Crippen LogP contribution is -2.49. The van der Waals surface area contributed by atoms with Gasteiger partial charge >= 0.3 is 0 Å². The molecule has 0 bridgehead atoms. The van der Waals surface area contributed by atoms with E-state index in [2.05, 4.69) is 10.4 Å². The summed E-state index contributed by atoms with van der Waals surface area (Å²) < 4.78 is 1.64. The molecular formula is C20H24N4O3. The van der Waals surface area contributed by atoms with Crippen LogP contribution in [0.15, 0.2) is 29.1 Å². The molecule has 1 atom stereocenters. The molecule has 0 unspecified atom stereocenters. The highest BCUT2D eigenvalue weighted by atomic mass is 16.2. The van der Waals surface area contributed by atoms with E-state index in [0.717, 1.165) is 11.3 Å². The first-order valence-electron chi connectivity index (χ1n) is 9.33. The predicted molar refractivity (Wildman–Crippen MR) is 103 cm³/mol. The molecule has 0 saturated carbocycles. The van der Waals surface area contributed by atoms with Gasteiger partial charge in [0.15, 0.2) is 0 Å². The number of hydrogen-bond donors (Lipinski definition) is 2. The van der Waals surface area contributed by atoms with Gasteiger partial charge in [-0.3, -0.25) is 24.2 Å². The van der Waals surface area contributed by atoms with Crippen molar-refractivity contribution in [1.82, 2.24) is 9.78 Å². The maximum absolute atomic E-state index is 13.7. The number of rotatable bonds is 3. The Kier molecular flexibility index (Phi) is 3.80. The van der Waals surface area contributed by atoms with Crippen LogP contribution >= 0.6 is 0 Å². The molecule has 0 aliphatic carbocycles. The zero-order chi connectivity index (χ0) is 19.5. The van der Waals surface area contributed by atoms with Gasteiger partial charge in [0.05, 0.1) is 12.0 Å². The van der Waals surface area contributed by atoms with Crippen molar-refractivity contribution in [2.45, 2.75) is 45.6 Å². The van der Waals surface area contributed by atoms with Crippen molar-refractivity contribution in [2.75, 3.05) is 16.8 Å². The van der Waals surface area contributed by atoms with Gasteiger partial charge in [0.2, 0.25) is 11.8 Å². The van der Waals surface area contributed by atoms with Crippen molar-refractivity contribution in [2.24, 2.45) is 5.92 Å². The molecule has 0 radical (unpaired) electrons. The summed E-state index contributed by atoms with van der Waals surface area (Å²) in [5.74, 6) is 0.208. The molecule has 2 amide bonds. The van der Waals surface area contributed by atoms with Crippen LogP contribution in [0.2, 0.25) is 0 Å². The summed E-state index contributed by atoms with van der Waals surface area (Å²) in [6.07, 6.45) is -0.0599. The van der Waals surface area contributed by atoms with Gasteiger partial charge in [-0.05, 0) is 31.4 Å². The van der Waals surface area contributed by atoms with Crippen LogP contribution in [-0.2, 0) is 15.0 Å². The van der Waals surface area contributed by atoms with Gasteiger partial charge in [0.1, 0.15) is 11.2 Å². The normalized spacial score (nSPS) is 21.2. The van der Waals surface area contributed by atoms with Crippen LogP contribution in [0.25, 0.3) is 0 Å². The highest BCUT2D eigenvalue weighted by Crippen LogP contribution is 2.51. The summed E-state index contributed by atoms with van der Waals surface area (Å²) >= 11 is 0. The van der Waals surface area contributed by atoms with Crippen LogP contribution in [0.4, 0.5) is 11.5 Å². The molecule has 2 aliphatic heterocycles. The summed E-state index contributed by atoms with van der Waals surface area (Å²) in [4.78, 5) is 41.0. The average molecular weight is 368 g/mol. The van der Waals surface area contributed by atoms with E-state index in [1.54, 1.807) is 9.58 Å². The standard InChI is InChI=1S/C20H24N4O3/c1-11(2)10-23-14-8-6-5-7-13(14)20(19(23)27)9-15(25)21-17-16(20)18(26)22-24(17)12(3)4/h5-8,11-12H,9-10H2,1-4H3,(H,21,25)(H,22,26)/t20-/m1/s1. The van der Waals surface area contributed by atoms with Crippen LogP contribution < -0.4 is 15.8 Å². The minimum atomic E-state index is -1.27. The number of amides is 2. The number of hydrogen-bond acceptors (Lipinski definition) is 3. The molecule has 2 aromatic rings. The Morgan fingerprint density at radius 1 is 1.11 bits per heavy atom. The smallest absolute Gasteiger partial charge is 0.270 e. The number of aromatic amines is 1. The number of para-hydroxylation sites is 1. The van der Waals surface area contributed by atoms with Gasteiger partial charge in [0.25, 0.3) is 5.56 Å². The van der Waals surface area contributed by atoms with Gasteiger partial charge < -0.3 is 10.2 Å². The highest BCUT2D eigenvalue weighted by molar-refractivity contribution is 6.15. The molecule has 1 aromatic carbocycles. The molecule has 2 aliphatic rings. The number of nitrogens with zero attached hydrogens (tertiary/aromatic N) is 2. The van der Waals surface area contributed by atoms with Gasteiger partial charge in [-0.2, -0.15) is 0 Å². The first-order valence-corrected chi connectivity index (χ1v) is 9.33. The minimum absolute atomic E-state index is 0.0598. The summed E-state index contributed by atoms with van der Waals surface area (Å²) in [6.45, 7) is 8.46. The summed E-state index contributed by atoms with van der Waals surface area (Å²) in [5.41, 5.74) is 0.275. The van der Waals surface area contributed by atoms with Gasteiger partial charge in [0, 0.05) is 18.3 Å². The number of fused-ring (bicyclic) bond motifs is 4. The van der Waals surface area contributed by atoms with Crippen molar-refractivity contribution in [3.05, 3.63) is 45.7 Å². The van der Waals surface area contributed by atoms with E-state index >= 15 is 0 Å². The monoisotopic (exact) mass is 368 g/mol.